The summed E-state index contributed by atoms with van der Waals surface area (Å²) in [5, 5.41) is 12.4. The van der Waals surface area contributed by atoms with E-state index in [4.69, 9.17) is 0 Å². The number of hydrogen-bond acceptors (Lipinski definition) is 4. The highest BCUT2D eigenvalue weighted by molar-refractivity contribution is 7.13. The van der Waals surface area contributed by atoms with Crippen LogP contribution < -0.4 is 4.90 Å². The second-order valence-corrected chi connectivity index (χ2v) is 4.77. The van der Waals surface area contributed by atoms with Crippen molar-refractivity contribution in [2.45, 2.75) is 12.5 Å². The molecule has 0 aliphatic carbocycles. The molecular formula is C13H14N2O2S. The smallest absolute Gasteiger partial charge is 0.231 e. The molecule has 0 aliphatic rings. The van der Waals surface area contributed by atoms with Gasteiger partial charge in [0.2, 0.25) is 5.91 Å². The van der Waals surface area contributed by atoms with Crippen molar-refractivity contribution in [2.75, 3.05) is 11.9 Å². The zero-order chi connectivity index (χ0) is 13.0. The molecule has 0 spiro atoms. The Morgan fingerprint density at radius 1 is 1.44 bits per heavy atom. The lowest BCUT2D eigenvalue weighted by atomic mass is 10.1. The molecule has 2 aromatic rings. The predicted molar refractivity (Wildman–Crippen MR) is 71.5 cm³/mol. The van der Waals surface area contributed by atoms with Gasteiger partial charge in [0.1, 0.15) is 0 Å². The van der Waals surface area contributed by atoms with Gasteiger partial charge in [-0.15, -0.1) is 11.3 Å². The van der Waals surface area contributed by atoms with Crippen molar-refractivity contribution in [3.8, 4) is 0 Å². The van der Waals surface area contributed by atoms with E-state index in [0.29, 0.717) is 5.13 Å². The molecule has 1 atom stereocenters. The van der Waals surface area contributed by atoms with Crippen LogP contribution in [0.15, 0.2) is 41.9 Å². The standard InChI is InChI=1S/C13H14N2O2S/c1-15(13-14-7-8-18-13)12(17)9-11(16)10-5-3-2-4-6-10/h2-8,11,16H,9H2,1H3. The average molecular weight is 262 g/mol. The molecule has 94 valence electrons. The Morgan fingerprint density at radius 3 is 2.78 bits per heavy atom. The number of carbonyl (C=O) groups excluding carboxylic acids is 1. The number of anilines is 1. The highest BCUT2D eigenvalue weighted by Crippen LogP contribution is 2.21. The zero-order valence-corrected chi connectivity index (χ0v) is 10.8. The molecule has 1 aromatic carbocycles. The SMILES string of the molecule is CN(C(=O)CC(O)c1ccccc1)c1nccs1. The number of carbonyl (C=O) groups is 1. The summed E-state index contributed by atoms with van der Waals surface area (Å²) < 4.78 is 0. The van der Waals surface area contributed by atoms with Gasteiger partial charge in [-0.3, -0.25) is 9.69 Å². The Labute approximate surface area is 110 Å². The number of thiazole rings is 1. The summed E-state index contributed by atoms with van der Waals surface area (Å²) in [5.41, 5.74) is 0.749. The van der Waals surface area contributed by atoms with Gasteiger partial charge in [0.05, 0.1) is 12.5 Å². The molecule has 2 rings (SSSR count). The molecule has 4 nitrogen and oxygen atoms in total. The van der Waals surface area contributed by atoms with Crippen molar-refractivity contribution in [3.63, 3.8) is 0 Å². The highest BCUT2D eigenvalue weighted by atomic mass is 32.1. The molecule has 5 heteroatoms. The molecule has 1 unspecified atom stereocenters. The Kier molecular flexibility index (Phi) is 4.07. The van der Waals surface area contributed by atoms with Gasteiger partial charge in [-0.2, -0.15) is 0 Å². The van der Waals surface area contributed by atoms with Gasteiger partial charge in [0.25, 0.3) is 0 Å². The van der Waals surface area contributed by atoms with E-state index >= 15 is 0 Å². The van der Waals surface area contributed by atoms with E-state index in [1.165, 1.54) is 16.2 Å². The lowest BCUT2D eigenvalue weighted by Crippen LogP contribution is -2.27. The van der Waals surface area contributed by atoms with Gasteiger partial charge in [-0.05, 0) is 5.56 Å². The number of amides is 1. The van der Waals surface area contributed by atoms with Crippen LogP contribution in [-0.2, 0) is 4.79 Å². The van der Waals surface area contributed by atoms with Crippen LogP contribution in [0.5, 0.6) is 0 Å². The van der Waals surface area contributed by atoms with Gasteiger partial charge in [-0.25, -0.2) is 4.98 Å². The highest BCUT2D eigenvalue weighted by Gasteiger charge is 2.18. The predicted octanol–water partition coefficient (Wildman–Crippen LogP) is 2.23. The molecule has 0 aliphatic heterocycles. The van der Waals surface area contributed by atoms with Crippen LogP contribution in [-0.4, -0.2) is 23.0 Å². The Morgan fingerprint density at radius 2 is 2.17 bits per heavy atom. The third-order valence-electron chi connectivity index (χ3n) is 2.63. The number of aromatic nitrogens is 1. The number of rotatable bonds is 4. The number of aliphatic hydroxyl groups excluding tert-OH is 1. The second kappa shape index (κ2) is 5.75. The Balaban J connectivity index is 1.99. The molecule has 1 amide bonds. The molecule has 0 saturated heterocycles. The van der Waals surface area contributed by atoms with Gasteiger partial charge < -0.3 is 5.11 Å². The van der Waals surface area contributed by atoms with Crippen LogP contribution in [0.4, 0.5) is 5.13 Å². The molecule has 0 bridgehead atoms. The molecule has 0 fully saturated rings. The Bertz CT molecular complexity index is 499. The zero-order valence-electron chi connectivity index (χ0n) is 9.98. The van der Waals surface area contributed by atoms with Crippen LogP contribution in [0.3, 0.4) is 0 Å². The maximum Gasteiger partial charge on any atom is 0.231 e. The van der Waals surface area contributed by atoms with Gasteiger partial charge in [-0.1, -0.05) is 30.3 Å². The Hall–Kier alpha value is -1.72. The quantitative estimate of drug-likeness (QED) is 0.919. The van der Waals surface area contributed by atoms with E-state index in [0.717, 1.165) is 5.56 Å². The fourth-order valence-corrected chi connectivity index (χ4v) is 2.21. The first-order valence-corrected chi connectivity index (χ1v) is 6.45. The van der Waals surface area contributed by atoms with Gasteiger partial charge >= 0.3 is 0 Å². The molecule has 1 N–H and O–H groups in total. The first-order chi connectivity index (χ1) is 8.68. The summed E-state index contributed by atoms with van der Waals surface area (Å²) in [5.74, 6) is -0.152. The minimum atomic E-state index is -0.777. The third kappa shape index (κ3) is 2.94. The van der Waals surface area contributed by atoms with Crippen molar-refractivity contribution < 1.29 is 9.90 Å². The van der Waals surface area contributed by atoms with E-state index in [9.17, 15) is 9.90 Å². The molecule has 0 radical (unpaired) electrons. The fourth-order valence-electron chi connectivity index (χ4n) is 1.58. The maximum atomic E-state index is 12.0. The normalized spacial score (nSPS) is 12.1. The van der Waals surface area contributed by atoms with E-state index in [-0.39, 0.29) is 12.3 Å². The molecule has 1 heterocycles. The topological polar surface area (TPSA) is 53.4 Å². The number of nitrogens with zero attached hydrogens (tertiary/aromatic N) is 2. The summed E-state index contributed by atoms with van der Waals surface area (Å²) in [6.45, 7) is 0. The minimum absolute atomic E-state index is 0.0556. The van der Waals surface area contributed by atoms with Crippen molar-refractivity contribution >= 4 is 22.4 Å². The van der Waals surface area contributed by atoms with E-state index < -0.39 is 6.10 Å². The van der Waals surface area contributed by atoms with Crippen LogP contribution in [0, 0.1) is 0 Å². The number of benzene rings is 1. The molecular weight excluding hydrogens is 248 g/mol. The molecule has 0 saturated carbocycles. The number of hydrogen-bond donors (Lipinski definition) is 1. The van der Waals surface area contributed by atoms with Crippen molar-refractivity contribution in [2.24, 2.45) is 0 Å². The van der Waals surface area contributed by atoms with Crippen molar-refractivity contribution in [1.82, 2.24) is 4.98 Å². The molecule has 1 aromatic heterocycles. The van der Waals surface area contributed by atoms with Crippen molar-refractivity contribution in [1.29, 1.82) is 0 Å². The van der Waals surface area contributed by atoms with E-state index in [2.05, 4.69) is 4.98 Å². The lowest BCUT2D eigenvalue weighted by Gasteiger charge is -2.16. The number of aliphatic hydroxyl groups is 1. The first-order valence-electron chi connectivity index (χ1n) is 5.57. The first kappa shape index (κ1) is 12.7. The summed E-state index contributed by atoms with van der Waals surface area (Å²) in [6.07, 6.45) is 0.929. The second-order valence-electron chi connectivity index (χ2n) is 3.90. The summed E-state index contributed by atoms with van der Waals surface area (Å²) in [4.78, 5) is 17.5. The monoisotopic (exact) mass is 262 g/mol. The molecule has 18 heavy (non-hydrogen) atoms. The summed E-state index contributed by atoms with van der Waals surface area (Å²) in [7, 11) is 1.67. The van der Waals surface area contributed by atoms with Crippen LogP contribution in [0.1, 0.15) is 18.1 Å². The lowest BCUT2D eigenvalue weighted by molar-refractivity contribution is -0.120. The fraction of sp³-hybridized carbons (Fsp3) is 0.231. The maximum absolute atomic E-state index is 12.0. The van der Waals surface area contributed by atoms with Crippen LogP contribution in [0.25, 0.3) is 0 Å². The summed E-state index contributed by atoms with van der Waals surface area (Å²) in [6, 6.07) is 9.17. The average Bonchev–Trinajstić information content (AvgIpc) is 2.92. The third-order valence-corrected chi connectivity index (χ3v) is 3.48. The van der Waals surface area contributed by atoms with Crippen LogP contribution in [0.2, 0.25) is 0 Å². The van der Waals surface area contributed by atoms with E-state index in [1.54, 1.807) is 25.4 Å². The van der Waals surface area contributed by atoms with Gasteiger partial charge in [0.15, 0.2) is 5.13 Å². The summed E-state index contributed by atoms with van der Waals surface area (Å²) >= 11 is 1.39. The van der Waals surface area contributed by atoms with E-state index in [1.807, 2.05) is 23.6 Å². The minimum Gasteiger partial charge on any atom is -0.388 e. The van der Waals surface area contributed by atoms with Gasteiger partial charge in [0, 0.05) is 18.6 Å². The van der Waals surface area contributed by atoms with Crippen LogP contribution >= 0.6 is 11.3 Å². The van der Waals surface area contributed by atoms with Crippen molar-refractivity contribution in [3.05, 3.63) is 47.5 Å². The largest absolute Gasteiger partial charge is 0.388 e.